The molecule has 0 aliphatic rings. The van der Waals surface area contributed by atoms with Gasteiger partial charge in [0.25, 0.3) is 0 Å². The number of ether oxygens (including phenoxy) is 1. The molecule has 0 aliphatic heterocycles. The number of nitrogen functional groups attached to an aromatic ring is 1. The maximum Gasteiger partial charge on any atom is 0.152 e. The molecular formula is C18H25N5O. The summed E-state index contributed by atoms with van der Waals surface area (Å²) in [6.07, 6.45) is 2.98. The Morgan fingerprint density at radius 1 is 1.21 bits per heavy atom. The Bertz CT molecular complexity index is 827. The number of rotatable bonds is 8. The molecule has 24 heavy (non-hydrogen) atoms. The molecule has 2 heterocycles. The van der Waals surface area contributed by atoms with Gasteiger partial charge in [0.05, 0.1) is 17.6 Å². The topological polar surface area (TPSA) is 78.0 Å². The number of fused-ring (bicyclic) bond motifs is 3. The lowest BCUT2D eigenvalue weighted by atomic mass is 10.2. The van der Waals surface area contributed by atoms with E-state index >= 15 is 0 Å². The first-order valence-corrected chi connectivity index (χ1v) is 8.43. The molecule has 0 radical (unpaired) electrons. The van der Waals surface area contributed by atoms with Crippen molar-refractivity contribution in [3.63, 3.8) is 0 Å². The molecule has 0 saturated heterocycles. The van der Waals surface area contributed by atoms with Crippen LogP contribution in [0.25, 0.3) is 21.9 Å². The van der Waals surface area contributed by atoms with Crippen LogP contribution in [-0.4, -0.2) is 41.8 Å². The Balaban J connectivity index is 2.11. The lowest BCUT2D eigenvalue weighted by molar-refractivity contribution is 0.199. The summed E-state index contributed by atoms with van der Waals surface area (Å²) >= 11 is 0. The van der Waals surface area contributed by atoms with E-state index in [1.165, 1.54) is 0 Å². The van der Waals surface area contributed by atoms with Crippen LogP contribution in [0.3, 0.4) is 0 Å². The first-order chi connectivity index (χ1) is 11.8. The molecule has 128 valence electrons. The second-order valence-electron chi connectivity index (χ2n) is 5.94. The number of hydrogen-bond acceptors (Lipinski definition) is 5. The van der Waals surface area contributed by atoms with Gasteiger partial charge in [-0.05, 0) is 32.5 Å². The van der Waals surface area contributed by atoms with Crippen LogP contribution in [0.1, 0.15) is 18.7 Å². The van der Waals surface area contributed by atoms with Crippen LogP contribution in [-0.2, 0) is 17.7 Å². The van der Waals surface area contributed by atoms with Gasteiger partial charge in [0, 0.05) is 25.5 Å². The number of pyridine rings is 1. The second-order valence-corrected chi connectivity index (χ2v) is 5.94. The Kier molecular flexibility index (Phi) is 5.27. The minimum absolute atomic E-state index is 0.497. The summed E-state index contributed by atoms with van der Waals surface area (Å²) in [6.45, 7) is 2.58. The third-order valence-corrected chi connectivity index (χ3v) is 4.28. The Labute approximate surface area is 142 Å². The lowest BCUT2D eigenvalue weighted by Crippen LogP contribution is -2.11. The number of aromatic nitrogens is 3. The van der Waals surface area contributed by atoms with Crippen LogP contribution in [0.15, 0.2) is 24.3 Å². The van der Waals surface area contributed by atoms with Gasteiger partial charge in [-0.15, -0.1) is 0 Å². The molecule has 0 spiro atoms. The highest BCUT2D eigenvalue weighted by Crippen LogP contribution is 2.29. The van der Waals surface area contributed by atoms with Crippen LogP contribution in [0, 0.1) is 0 Å². The number of benzene rings is 1. The van der Waals surface area contributed by atoms with Crippen molar-refractivity contribution in [1.29, 1.82) is 0 Å². The molecule has 6 nitrogen and oxygen atoms in total. The van der Waals surface area contributed by atoms with E-state index in [0.717, 1.165) is 60.1 Å². The van der Waals surface area contributed by atoms with E-state index in [1.807, 2.05) is 25.2 Å². The van der Waals surface area contributed by atoms with E-state index in [9.17, 15) is 0 Å². The predicted octanol–water partition coefficient (Wildman–Crippen LogP) is 2.36. The molecule has 0 saturated carbocycles. The van der Waals surface area contributed by atoms with Gasteiger partial charge < -0.3 is 20.4 Å². The number of imidazole rings is 1. The normalized spacial score (nSPS) is 11.6. The maximum atomic E-state index is 6.18. The summed E-state index contributed by atoms with van der Waals surface area (Å²) < 4.78 is 7.54. The Morgan fingerprint density at radius 2 is 2.04 bits per heavy atom. The molecule has 0 bridgehead atoms. The Morgan fingerprint density at radius 3 is 2.83 bits per heavy atom. The predicted molar refractivity (Wildman–Crippen MR) is 98.2 cm³/mol. The summed E-state index contributed by atoms with van der Waals surface area (Å²) in [6, 6.07) is 8.11. The zero-order chi connectivity index (χ0) is 16.9. The van der Waals surface area contributed by atoms with Gasteiger partial charge in [-0.1, -0.05) is 18.2 Å². The average Bonchev–Trinajstić information content (AvgIpc) is 2.96. The van der Waals surface area contributed by atoms with Crippen molar-refractivity contribution in [2.75, 3.05) is 33.0 Å². The molecule has 0 unspecified atom stereocenters. The van der Waals surface area contributed by atoms with Crippen molar-refractivity contribution in [2.45, 2.75) is 25.8 Å². The molecule has 0 fully saturated rings. The Hall–Kier alpha value is -2.18. The number of nitrogens with zero attached hydrogens (tertiary/aromatic N) is 3. The SMILES string of the molecule is CNCCCCn1c(CCOC)nc2c(N)nc3ccccc3c21. The number of nitrogens with one attached hydrogen (secondary N) is 1. The molecule has 3 rings (SSSR count). The minimum Gasteiger partial charge on any atom is -0.384 e. The minimum atomic E-state index is 0.497. The average molecular weight is 327 g/mol. The maximum absolute atomic E-state index is 6.18. The molecule has 0 atom stereocenters. The van der Waals surface area contributed by atoms with Gasteiger partial charge in [-0.3, -0.25) is 0 Å². The van der Waals surface area contributed by atoms with Gasteiger partial charge >= 0.3 is 0 Å². The summed E-state index contributed by atoms with van der Waals surface area (Å²) in [5.41, 5.74) is 8.99. The van der Waals surface area contributed by atoms with E-state index in [0.29, 0.717) is 12.4 Å². The van der Waals surface area contributed by atoms with E-state index in [1.54, 1.807) is 7.11 Å². The number of unbranched alkanes of at least 4 members (excludes halogenated alkanes) is 1. The van der Waals surface area contributed by atoms with Gasteiger partial charge in [0.15, 0.2) is 5.82 Å². The van der Waals surface area contributed by atoms with Crippen LogP contribution in [0.4, 0.5) is 5.82 Å². The third kappa shape index (κ3) is 3.20. The van der Waals surface area contributed by atoms with Crippen molar-refractivity contribution in [3.8, 4) is 0 Å². The molecule has 2 aromatic heterocycles. The molecule has 0 amide bonds. The summed E-state index contributed by atoms with van der Waals surface area (Å²) in [7, 11) is 3.70. The zero-order valence-corrected chi connectivity index (χ0v) is 14.4. The summed E-state index contributed by atoms with van der Waals surface area (Å²) in [5, 5.41) is 4.30. The highest BCUT2D eigenvalue weighted by atomic mass is 16.5. The number of anilines is 1. The molecular weight excluding hydrogens is 302 g/mol. The molecule has 3 N–H and O–H groups in total. The first-order valence-electron chi connectivity index (χ1n) is 8.43. The number of methoxy groups -OCH3 is 1. The van der Waals surface area contributed by atoms with Gasteiger partial charge in [0.1, 0.15) is 11.3 Å². The fourth-order valence-electron chi connectivity index (χ4n) is 3.10. The van der Waals surface area contributed by atoms with Crippen LogP contribution in [0.5, 0.6) is 0 Å². The highest BCUT2D eigenvalue weighted by Gasteiger charge is 2.16. The van der Waals surface area contributed by atoms with Crippen LogP contribution >= 0.6 is 0 Å². The monoisotopic (exact) mass is 327 g/mol. The van der Waals surface area contributed by atoms with E-state index in [4.69, 9.17) is 15.5 Å². The molecule has 1 aromatic carbocycles. The summed E-state index contributed by atoms with van der Waals surface area (Å²) in [5.74, 6) is 1.51. The van der Waals surface area contributed by atoms with Crippen molar-refractivity contribution in [3.05, 3.63) is 30.1 Å². The summed E-state index contributed by atoms with van der Waals surface area (Å²) in [4.78, 5) is 9.29. The third-order valence-electron chi connectivity index (χ3n) is 4.28. The zero-order valence-electron chi connectivity index (χ0n) is 14.4. The highest BCUT2D eigenvalue weighted by molar-refractivity contribution is 6.06. The number of hydrogen-bond donors (Lipinski definition) is 2. The number of nitrogens with two attached hydrogens (primary N) is 1. The molecule has 3 aromatic rings. The smallest absolute Gasteiger partial charge is 0.152 e. The van der Waals surface area contributed by atoms with Gasteiger partial charge in [-0.2, -0.15) is 0 Å². The van der Waals surface area contributed by atoms with Crippen molar-refractivity contribution in [2.24, 2.45) is 0 Å². The van der Waals surface area contributed by atoms with E-state index in [2.05, 4.69) is 20.9 Å². The van der Waals surface area contributed by atoms with Gasteiger partial charge in [-0.25, -0.2) is 9.97 Å². The number of aryl methyl sites for hydroxylation is 1. The quantitative estimate of drug-likeness (QED) is 0.621. The molecule has 6 heteroatoms. The molecule has 0 aliphatic carbocycles. The van der Waals surface area contributed by atoms with Crippen molar-refractivity contribution < 1.29 is 4.74 Å². The fourth-order valence-corrected chi connectivity index (χ4v) is 3.10. The van der Waals surface area contributed by atoms with Crippen molar-refractivity contribution >= 4 is 27.8 Å². The lowest BCUT2D eigenvalue weighted by Gasteiger charge is -2.11. The number of para-hydroxylation sites is 1. The van der Waals surface area contributed by atoms with Crippen LogP contribution in [0.2, 0.25) is 0 Å². The first kappa shape index (κ1) is 16.7. The second kappa shape index (κ2) is 7.59. The fraction of sp³-hybridized carbons (Fsp3) is 0.444. The van der Waals surface area contributed by atoms with E-state index < -0.39 is 0 Å². The largest absolute Gasteiger partial charge is 0.384 e. The van der Waals surface area contributed by atoms with E-state index in [-0.39, 0.29) is 0 Å². The van der Waals surface area contributed by atoms with Crippen molar-refractivity contribution in [1.82, 2.24) is 19.9 Å². The standard InChI is InChI=1S/C18H25N5O/c1-20-10-5-6-11-23-15(9-12-24-2)22-16-17(23)13-7-3-4-8-14(13)21-18(16)19/h3-4,7-8,20H,5-6,9-12H2,1-2H3,(H2,19,21). The van der Waals surface area contributed by atoms with Crippen LogP contribution < -0.4 is 11.1 Å². The van der Waals surface area contributed by atoms with Gasteiger partial charge in [0.2, 0.25) is 0 Å².